The lowest BCUT2D eigenvalue weighted by molar-refractivity contribution is 0.518. The highest BCUT2D eigenvalue weighted by molar-refractivity contribution is 6.28. The van der Waals surface area contributed by atoms with E-state index < -0.39 is 0 Å². The molecule has 8 heteroatoms. The van der Waals surface area contributed by atoms with Crippen molar-refractivity contribution < 1.29 is 4.42 Å². The summed E-state index contributed by atoms with van der Waals surface area (Å²) in [4.78, 5) is 11.8. The molecule has 3 heterocycles. The summed E-state index contributed by atoms with van der Waals surface area (Å²) in [6.45, 7) is 1.44. The Hall–Kier alpha value is -1.76. The van der Waals surface area contributed by atoms with Gasteiger partial charge in [0, 0.05) is 12.2 Å². The highest BCUT2D eigenvalue weighted by atomic mass is 35.5. The fourth-order valence-corrected chi connectivity index (χ4v) is 2.32. The molecular formula is C14H17Cl2N5O. The van der Waals surface area contributed by atoms with Crippen LogP contribution in [0, 0.1) is 0 Å². The van der Waals surface area contributed by atoms with Crippen molar-refractivity contribution >= 4 is 40.9 Å². The molecule has 0 unspecified atom stereocenters. The zero-order chi connectivity index (χ0) is 14.7. The zero-order valence-electron chi connectivity index (χ0n) is 12.0. The SMILES string of the molecule is CNCCc1cc2c(NCc3ccco3)nc(Cl)nc2[nH]1.Cl. The molecule has 0 amide bonds. The first-order valence-electron chi connectivity index (χ1n) is 6.72. The van der Waals surface area contributed by atoms with Crippen molar-refractivity contribution in [3.63, 3.8) is 0 Å². The van der Waals surface area contributed by atoms with Crippen molar-refractivity contribution in [2.45, 2.75) is 13.0 Å². The molecule has 0 aliphatic heterocycles. The number of halogens is 2. The molecule has 3 rings (SSSR count). The van der Waals surface area contributed by atoms with Gasteiger partial charge in [0.2, 0.25) is 5.28 Å². The number of furan rings is 1. The fraction of sp³-hybridized carbons (Fsp3) is 0.286. The van der Waals surface area contributed by atoms with E-state index in [-0.39, 0.29) is 17.7 Å². The number of nitrogens with one attached hydrogen (secondary N) is 3. The number of rotatable bonds is 6. The van der Waals surface area contributed by atoms with Crippen LogP contribution in [0.4, 0.5) is 5.82 Å². The molecule has 0 aliphatic rings. The number of hydrogen-bond donors (Lipinski definition) is 3. The van der Waals surface area contributed by atoms with Crippen molar-refractivity contribution in [3.8, 4) is 0 Å². The summed E-state index contributed by atoms with van der Waals surface area (Å²) < 4.78 is 5.30. The lowest BCUT2D eigenvalue weighted by Gasteiger charge is -2.04. The van der Waals surface area contributed by atoms with Gasteiger partial charge in [0.1, 0.15) is 17.2 Å². The standard InChI is InChI=1S/C14H16ClN5O.ClH/c1-16-5-4-9-7-11-12(17-8-10-3-2-6-21-10)19-14(15)20-13(11)18-9;/h2-3,6-7,16H,4-5,8H2,1H3,(H2,17,18,19,20);1H. The average molecular weight is 342 g/mol. The third kappa shape index (κ3) is 3.71. The molecule has 0 radical (unpaired) electrons. The third-order valence-corrected chi connectivity index (χ3v) is 3.34. The number of likely N-dealkylation sites (N-methyl/N-ethyl adjacent to an activating group) is 1. The predicted molar refractivity (Wildman–Crippen MR) is 89.8 cm³/mol. The predicted octanol–water partition coefficient (Wildman–Crippen LogP) is 3.00. The van der Waals surface area contributed by atoms with E-state index in [0.29, 0.717) is 12.4 Å². The summed E-state index contributed by atoms with van der Waals surface area (Å²) >= 11 is 5.98. The second-order valence-electron chi connectivity index (χ2n) is 4.68. The summed E-state index contributed by atoms with van der Waals surface area (Å²) in [5, 5.41) is 7.50. The van der Waals surface area contributed by atoms with Gasteiger partial charge in [0.25, 0.3) is 0 Å². The van der Waals surface area contributed by atoms with Gasteiger partial charge in [0.05, 0.1) is 18.2 Å². The van der Waals surface area contributed by atoms with Crippen LogP contribution in [0.3, 0.4) is 0 Å². The Bertz CT molecular complexity index is 726. The Morgan fingerprint density at radius 1 is 1.36 bits per heavy atom. The fourth-order valence-electron chi connectivity index (χ4n) is 2.15. The zero-order valence-corrected chi connectivity index (χ0v) is 13.6. The van der Waals surface area contributed by atoms with Crippen molar-refractivity contribution in [3.05, 3.63) is 41.2 Å². The molecular weight excluding hydrogens is 325 g/mol. The van der Waals surface area contributed by atoms with Gasteiger partial charge in [0.15, 0.2) is 0 Å². The maximum atomic E-state index is 5.98. The summed E-state index contributed by atoms with van der Waals surface area (Å²) in [6, 6.07) is 5.81. The summed E-state index contributed by atoms with van der Waals surface area (Å²) in [5.41, 5.74) is 1.83. The van der Waals surface area contributed by atoms with Crippen LogP contribution < -0.4 is 10.6 Å². The van der Waals surface area contributed by atoms with E-state index >= 15 is 0 Å². The number of fused-ring (bicyclic) bond motifs is 1. The molecule has 0 saturated carbocycles. The minimum Gasteiger partial charge on any atom is -0.467 e. The second kappa shape index (κ2) is 7.49. The van der Waals surface area contributed by atoms with Gasteiger partial charge >= 0.3 is 0 Å². The smallest absolute Gasteiger partial charge is 0.226 e. The maximum Gasteiger partial charge on any atom is 0.226 e. The third-order valence-electron chi connectivity index (χ3n) is 3.17. The molecule has 0 fully saturated rings. The monoisotopic (exact) mass is 341 g/mol. The first kappa shape index (κ1) is 16.6. The largest absolute Gasteiger partial charge is 0.467 e. The molecule has 0 saturated heterocycles. The van der Waals surface area contributed by atoms with Crippen LogP contribution in [-0.2, 0) is 13.0 Å². The van der Waals surface area contributed by atoms with Gasteiger partial charge in [-0.3, -0.25) is 0 Å². The molecule has 6 nitrogen and oxygen atoms in total. The van der Waals surface area contributed by atoms with E-state index in [4.69, 9.17) is 16.0 Å². The van der Waals surface area contributed by atoms with Crippen LogP contribution in [0.15, 0.2) is 28.9 Å². The summed E-state index contributed by atoms with van der Waals surface area (Å²) in [6.07, 6.45) is 2.54. The summed E-state index contributed by atoms with van der Waals surface area (Å²) in [7, 11) is 1.93. The maximum absolute atomic E-state index is 5.98. The quantitative estimate of drug-likeness (QED) is 0.600. The Balaban J connectivity index is 0.00000176. The van der Waals surface area contributed by atoms with E-state index in [1.165, 1.54) is 0 Å². The molecule has 3 aromatic rings. The lowest BCUT2D eigenvalue weighted by atomic mass is 10.3. The number of H-pyrrole nitrogens is 1. The Morgan fingerprint density at radius 3 is 2.95 bits per heavy atom. The van der Waals surface area contributed by atoms with E-state index in [2.05, 4.69) is 25.6 Å². The molecule has 3 aromatic heterocycles. The van der Waals surface area contributed by atoms with Crippen molar-refractivity contribution in [1.82, 2.24) is 20.3 Å². The van der Waals surface area contributed by atoms with Crippen LogP contribution in [0.1, 0.15) is 11.5 Å². The first-order valence-corrected chi connectivity index (χ1v) is 7.10. The van der Waals surface area contributed by atoms with Crippen LogP contribution in [0.25, 0.3) is 11.0 Å². The molecule has 0 aliphatic carbocycles. The number of anilines is 1. The molecule has 3 N–H and O–H groups in total. The normalized spacial score (nSPS) is 10.6. The van der Waals surface area contributed by atoms with E-state index in [9.17, 15) is 0 Å². The van der Waals surface area contributed by atoms with Crippen LogP contribution >= 0.6 is 24.0 Å². The lowest BCUT2D eigenvalue weighted by Crippen LogP contribution is -2.10. The van der Waals surface area contributed by atoms with E-state index in [0.717, 1.165) is 35.5 Å². The van der Waals surface area contributed by atoms with Crippen LogP contribution in [0.2, 0.25) is 5.28 Å². The number of hydrogen-bond acceptors (Lipinski definition) is 5. The first-order chi connectivity index (χ1) is 10.3. The molecule has 0 bridgehead atoms. The number of nitrogens with zero attached hydrogens (tertiary/aromatic N) is 2. The van der Waals surface area contributed by atoms with Crippen molar-refractivity contribution in [2.24, 2.45) is 0 Å². The Labute approximate surface area is 139 Å². The van der Waals surface area contributed by atoms with Gasteiger partial charge in [-0.25, -0.2) is 4.98 Å². The molecule has 0 atom stereocenters. The number of aromatic nitrogens is 3. The average Bonchev–Trinajstić information content (AvgIpc) is 3.11. The van der Waals surface area contributed by atoms with Crippen LogP contribution in [0.5, 0.6) is 0 Å². The minimum absolute atomic E-state index is 0. The highest BCUT2D eigenvalue weighted by Crippen LogP contribution is 2.23. The second-order valence-corrected chi connectivity index (χ2v) is 5.02. The molecule has 22 heavy (non-hydrogen) atoms. The van der Waals surface area contributed by atoms with E-state index in [1.54, 1.807) is 6.26 Å². The highest BCUT2D eigenvalue weighted by Gasteiger charge is 2.10. The Morgan fingerprint density at radius 2 is 2.23 bits per heavy atom. The van der Waals surface area contributed by atoms with Gasteiger partial charge in [-0.15, -0.1) is 12.4 Å². The van der Waals surface area contributed by atoms with Gasteiger partial charge in [-0.05, 0) is 43.3 Å². The van der Waals surface area contributed by atoms with Crippen LogP contribution in [-0.4, -0.2) is 28.5 Å². The topological polar surface area (TPSA) is 78.8 Å². The molecule has 0 aromatic carbocycles. The minimum atomic E-state index is 0. The summed E-state index contributed by atoms with van der Waals surface area (Å²) in [5.74, 6) is 1.54. The molecule has 0 spiro atoms. The van der Waals surface area contributed by atoms with Crippen molar-refractivity contribution in [1.29, 1.82) is 0 Å². The number of aromatic amines is 1. The van der Waals surface area contributed by atoms with Gasteiger partial charge in [-0.2, -0.15) is 4.98 Å². The Kier molecular flexibility index (Phi) is 5.65. The van der Waals surface area contributed by atoms with Crippen molar-refractivity contribution in [2.75, 3.05) is 18.9 Å². The molecule has 118 valence electrons. The van der Waals surface area contributed by atoms with E-state index in [1.807, 2.05) is 25.2 Å². The van der Waals surface area contributed by atoms with Gasteiger partial charge in [-0.1, -0.05) is 0 Å². The van der Waals surface area contributed by atoms with Gasteiger partial charge < -0.3 is 20.0 Å².